The number of hydrogen-bond donors (Lipinski definition) is 2. The van der Waals surface area contributed by atoms with E-state index in [-0.39, 0.29) is 12.1 Å². The molecule has 10 heteroatoms. The SMILES string of the molecule is CC(Nc1nc(N2CCN(C(=O)O)C[C@@H]2C)ncc1Cl)c1ccc(Cl)cc1Cl. The summed E-state index contributed by atoms with van der Waals surface area (Å²) in [5.74, 6) is 0.983. The number of nitrogens with zero attached hydrogens (tertiary/aromatic N) is 4. The molecule has 2 N–H and O–H groups in total. The number of nitrogens with one attached hydrogen (secondary N) is 1. The van der Waals surface area contributed by atoms with Crippen molar-refractivity contribution < 1.29 is 9.90 Å². The lowest BCUT2D eigenvalue weighted by Crippen LogP contribution is -2.54. The van der Waals surface area contributed by atoms with Crippen LogP contribution in [-0.2, 0) is 0 Å². The van der Waals surface area contributed by atoms with Crippen LogP contribution in [0, 0.1) is 0 Å². The summed E-state index contributed by atoms with van der Waals surface area (Å²) in [5.41, 5.74) is 0.866. The minimum absolute atomic E-state index is 0.0537. The Morgan fingerprint density at radius 2 is 2.04 bits per heavy atom. The lowest BCUT2D eigenvalue weighted by molar-refractivity contribution is 0.136. The van der Waals surface area contributed by atoms with Crippen molar-refractivity contribution in [3.63, 3.8) is 0 Å². The van der Waals surface area contributed by atoms with Crippen LogP contribution in [0.4, 0.5) is 16.6 Å². The predicted octanol–water partition coefficient (Wildman–Crippen LogP) is 4.80. The minimum atomic E-state index is -0.917. The number of anilines is 2. The van der Waals surface area contributed by atoms with Crippen molar-refractivity contribution in [2.45, 2.75) is 25.9 Å². The molecule has 150 valence electrons. The Hall–Kier alpha value is -1.96. The Balaban J connectivity index is 1.79. The summed E-state index contributed by atoms with van der Waals surface area (Å²) in [4.78, 5) is 23.4. The van der Waals surface area contributed by atoms with Gasteiger partial charge in [0.05, 0.1) is 12.2 Å². The molecule has 1 aliphatic heterocycles. The highest BCUT2D eigenvalue weighted by Crippen LogP contribution is 2.31. The Morgan fingerprint density at radius 1 is 1.29 bits per heavy atom. The quantitative estimate of drug-likeness (QED) is 0.705. The van der Waals surface area contributed by atoms with Crippen LogP contribution >= 0.6 is 34.8 Å². The fraction of sp³-hybridized carbons (Fsp3) is 0.389. The summed E-state index contributed by atoms with van der Waals surface area (Å²) in [6.07, 6.45) is 0.623. The van der Waals surface area contributed by atoms with E-state index in [0.717, 1.165) is 5.56 Å². The standard InChI is InChI=1S/C18H20Cl3N5O2/c1-10-9-25(18(27)28)5-6-26(10)17-22-8-15(21)16(24-17)23-11(2)13-4-3-12(19)7-14(13)20/h3-4,7-8,10-11H,5-6,9H2,1-2H3,(H,27,28)(H,22,23,24)/t10-,11?/m0/s1. The van der Waals surface area contributed by atoms with Gasteiger partial charge in [-0.05, 0) is 31.5 Å². The zero-order valence-electron chi connectivity index (χ0n) is 15.4. The number of carboxylic acid groups (broad SMARTS) is 1. The van der Waals surface area contributed by atoms with Crippen molar-refractivity contribution in [1.29, 1.82) is 0 Å². The molecule has 0 radical (unpaired) electrons. The maximum Gasteiger partial charge on any atom is 0.407 e. The topological polar surface area (TPSA) is 81.6 Å². The number of halogens is 3. The largest absolute Gasteiger partial charge is 0.465 e. The third-order valence-corrected chi connectivity index (χ3v) is 5.51. The summed E-state index contributed by atoms with van der Waals surface area (Å²) in [7, 11) is 0. The molecular formula is C18H20Cl3N5O2. The molecule has 1 aliphatic rings. The van der Waals surface area contributed by atoms with E-state index in [1.807, 2.05) is 24.8 Å². The van der Waals surface area contributed by atoms with E-state index in [1.54, 1.807) is 18.3 Å². The normalized spacial score (nSPS) is 18.1. The molecule has 2 aromatic rings. The number of piperazine rings is 1. The van der Waals surface area contributed by atoms with Gasteiger partial charge in [0.1, 0.15) is 5.02 Å². The van der Waals surface area contributed by atoms with Gasteiger partial charge in [-0.1, -0.05) is 40.9 Å². The van der Waals surface area contributed by atoms with Crippen molar-refractivity contribution in [3.05, 3.63) is 45.0 Å². The number of carbonyl (C=O) groups is 1. The van der Waals surface area contributed by atoms with Gasteiger partial charge < -0.3 is 20.2 Å². The molecule has 0 bridgehead atoms. The van der Waals surface area contributed by atoms with Crippen molar-refractivity contribution in [1.82, 2.24) is 14.9 Å². The second-order valence-corrected chi connectivity index (χ2v) is 7.92. The van der Waals surface area contributed by atoms with Crippen molar-refractivity contribution in [3.8, 4) is 0 Å². The van der Waals surface area contributed by atoms with Crippen LogP contribution in [0.1, 0.15) is 25.5 Å². The third kappa shape index (κ3) is 4.54. The molecule has 1 unspecified atom stereocenters. The summed E-state index contributed by atoms with van der Waals surface area (Å²) in [6, 6.07) is 5.10. The van der Waals surface area contributed by atoms with Gasteiger partial charge in [0.25, 0.3) is 0 Å². The maximum absolute atomic E-state index is 11.2. The molecule has 0 aliphatic carbocycles. The maximum atomic E-state index is 11.2. The van der Waals surface area contributed by atoms with Gasteiger partial charge in [-0.3, -0.25) is 0 Å². The molecule has 0 saturated carbocycles. The van der Waals surface area contributed by atoms with Gasteiger partial charge in [-0.2, -0.15) is 4.98 Å². The molecule has 2 atom stereocenters. The molecule has 1 saturated heterocycles. The van der Waals surface area contributed by atoms with E-state index in [0.29, 0.717) is 46.5 Å². The Bertz CT molecular complexity index is 882. The van der Waals surface area contributed by atoms with Crippen LogP contribution in [0.25, 0.3) is 0 Å². The first-order valence-electron chi connectivity index (χ1n) is 8.74. The van der Waals surface area contributed by atoms with Gasteiger partial charge in [-0.15, -0.1) is 0 Å². The first-order chi connectivity index (χ1) is 13.3. The van der Waals surface area contributed by atoms with Gasteiger partial charge in [0.2, 0.25) is 5.95 Å². The number of hydrogen-bond acceptors (Lipinski definition) is 5. The number of benzene rings is 1. The monoisotopic (exact) mass is 443 g/mol. The van der Waals surface area contributed by atoms with Crippen molar-refractivity contribution >= 4 is 52.7 Å². The average molecular weight is 445 g/mol. The Kier molecular flexibility index (Phi) is 6.37. The number of rotatable bonds is 4. The van der Waals surface area contributed by atoms with E-state index in [9.17, 15) is 4.79 Å². The smallest absolute Gasteiger partial charge is 0.407 e. The van der Waals surface area contributed by atoms with Crippen LogP contribution in [0.5, 0.6) is 0 Å². The lowest BCUT2D eigenvalue weighted by Gasteiger charge is -2.38. The fourth-order valence-electron chi connectivity index (χ4n) is 3.16. The van der Waals surface area contributed by atoms with Gasteiger partial charge in [-0.25, -0.2) is 9.78 Å². The van der Waals surface area contributed by atoms with Crippen LogP contribution in [0.3, 0.4) is 0 Å². The Labute approximate surface area is 178 Å². The highest BCUT2D eigenvalue weighted by Gasteiger charge is 2.28. The molecule has 2 heterocycles. The molecule has 1 aromatic heterocycles. The van der Waals surface area contributed by atoms with E-state index in [2.05, 4.69) is 15.3 Å². The van der Waals surface area contributed by atoms with E-state index < -0.39 is 6.09 Å². The Morgan fingerprint density at radius 3 is 2.68 bits per heavy atom. The summed E-state index contributed by atoms with van der Waals surface area (Å²) < 4.78 is 0. The summed E-state index contributed by atoms with van der Waals surface area (Å²) in [6.45, 7) is 5.18. The van der Waals surface area contributed by atoms with Crippen molar-refractivity contribution in [2.24, 2.45) is 0 Å². The molecule has 0 spiro atoms. The highest BCUT2D eigenvalue weighted by molar-refractivity contribution is 6.35. The summed E-state index contributed by atoms with van der Waals surface area (Å²) in [5, 5.41) is 13.9. The van der Waals surface area contributed by atoms with Crippen LogP contribution in [-0.4, -0.2) is 51.7 Å². The lowest BCUT2D eigenvalue weighted by atomic mass is 10.1. The molecule has 7 nitrogen and oxygen atoms in total. The van der Waals surface area contributed by atoms with Gasteiger partial charge in [0.15, 0.2) is 5.82 Å². The third-order valence-electron chi connectivity index (χ3n) is 4.67. The fourth-order valence-corrected chi connectivity index (χ4v) is 3.88. The molecule has 1 aromatic carbocycles. The minimum Gasteiger partial charge on any atom is -0.465 e. The number of aromatic nitrogens is 2. The molecule has 1 fully saturated rings. The zero-order chi connectivity index (χ0) is 20.4. The van der Waals surface area contributed by atoms with Crippen molar-refractivity contribution in [2.75, 3.05) is 29.9 Å². The number of amides is 1. The highest BCUT2D eigenvalue weighted by atomic mass is 35.5. The molecule has 1 amide bonds. The zero-order valence-corrected chi connectivity index (χ0v) is 17.6. The second-order valence-electron chi connectivity index (χ2n) is 6.67. The van der Waals surface area contributed by atoms with E-state index in [1.165, 1.54) is 4.90 Å². The predicted molar refractivity (Wildman–Crippen MR) is 112 cm³/mol. The van der Waals surface area contributed by atoms with Gasteiger partial charge >= 0.3 is 6.09 Å². The first kappa shape index (κ1) is 20.8. The van der Waals surface area contributed by atoms with E-state index in [4.69, 9.17) is 39.9 Å². The van der Waals surface area contributed by atoms with Crippen LogP contribution < -0.4 is 10.2 Å². The summed E-state index contributed by atoms with van der Waals surface area (Å²) >= 11 is 18.5. The molecular weight excluding hydrogens is 425 g/mol. The first-order valence-corrected chi connectivity index (χ1v) is 9.88. The molecule has 28 heavy (non-hydrogen) atoms. The molecule has 3 rings (SSSR count). The van der Waals surface area contributed by atoms with Crippen LogP contribution in [0.15, 0.2) is 24.4 Å². The van der Waals surface area contributed by atoms with E-state index >= 15 is 0 Å². The van der Waals surface area contributed by atoms with Crippen LogP contribution in [0.2, 0.25) is 15.1 Å². The van der Waals surface area contributed by atoms with Gasteiger partial charge in [0, 0.05) is 35.7 Å². The second kappa shape index (κ2) is 8.59. The average Bonchev–Trinajstić information content (AvgIpc) is 2.63.